The Morgan fingerprint density at radius 2 is 2.40 bits per heavy atom. The van der Waals surface area contributed by atoms with Crippen LogP contribution in [-0.4, -0.2) is 26.0 Å². The van der Waals surface area contributed by atoms with Gasteiger partial charge in [-0.1, -0.05) is 6.07 Å². The van der Waals surface area contributed by atoms with Crippen molar-refractivity contribution >= 4 is 21.2 Å². The third-order valence-electron chi connectivity index (χ3n) is 2.69. The maximum absolute atomic E-state index is 11.3. The third kappa shape index (κ3) is 2.80. The highest BCUT2D eigenvalue weighted by Crippen LogP contribution is 2.21. The Hall–Kier alpha value is -0.390. The van der Waals surface area contributed by atoms with Gasteiger partial charge in [-0.15, -0.1) is 11.3 Å². The number of rotatable bonds is 3. The predicted molar refractivity (Wildman–Crippen MR) is 62.9 cm³/mol. The first-order valence-corrected chi connectivity index (χ1v) is 7.77. The van der Waals surface area contributed by atoms with Gasteiger partial charge in [-0.05, 0) is 24.8 Å². The van der Waals surface area contributed by atoms with Crippen LogP contribution in [0.25, 0.3) is 0 Å². The fourth-order valence-electron chi connectivity index (χ4n) is 1.90. The van der Waals surface area contributed by atoms with Crippen LogP contribution in [0.5, 0.6) is 0 Å². The molecule has 2 atom stereocenters. The molecule has 0 saturated carbocycles. The normalized spacial score (nSPS) is 26.6. The van der Waals surface area contributed by atoms with E-state index in [4.69, 9.17) is 0 Å². The van der Waals surface area contributed by atoms with E-state index >= 15 is 0 Å². The molecular weight excluding hydrogens is 230 g/mol. The first-order chi connectivity index (χ1) is 7.07. The molecule has 2 rings (SSSR count). The highest BCUT2D eigenvalue weighted by atomic mass is 32.2. The summed E-state index contributed by atoms with van der Waals surface area (Å²) in [5.74, 6) is 0.630. The summed E-state index contributed by atoms with van der Waals surface area (Å²) in [6.07, 6.45) is 0.748. The van der Waals surface area contributed by atoms with Gasteiger partial charge in [-0.3, -0.25) is 0 Å². The number of thiophene rings is 1. The van der Waals surface area contributed by atoms with Crippen molar-refractivity contribution < 1.29 is 8.42 Å². The minimum Gasteiger partial charge on any atom is -0.306 e. The minimum absolute atomic E-state index is 0.132. The van der Waals surface area contributed by atoms with Crippen LogP contribution in [0.2, 0.25) is 0 Å². The summed E-state index contributed by atoms with van der Waals surface area (Å²) in [7, 11) is -2.77. The summed E-state index contributed by atoms with van der Waals surface area (Å²) in [6, 6.07) is 4.48. The molecule has 0 bridgehead atoms. The zero-order valence-electron chi connectivity index (χ0n) is 8.64. The van der Waals surface area contributed by atoms with E-state index in [0.29, 0.717) is 11.5 Å². The van der Waals surface area contributed by atoms with E-state index in [9.17, 15) is 8.42 Å². The lowest BCUT2D eigenvalue weighted by Crippen LogP contribution is -2.31. The molecule has 1 aromatic heterocycles. The topological polar surface area (TPSA) is 46.2 Å². The van der Waals surface area contributed by atoms with E-state index in [-0.39, 0.29) is 12.1 Å². The Bertz CT molecular complexity index is 411. The van der Waals surface area contributed by atoms with Gasteiger partial charge < -0.3 is 5.32 Å². The highest BCUT2D eigenvalue weighted by molar-refractivity contribution is 7.91. The van der Waals surface area contributed by atoms with E-state index in [1.165, 1.54) is 4.88 Å². The predicted octanol–water partition coefficient (Wildman–Crippen LogP) is 1.59. The lowest BCUT2D eigenvalue weighted by atomic mass is 10.2. The van der Waals surface area contributed by atoms with Gasteiger partial charge in [0.1, 0.15) is 0 Å². The van der Waals surface area contributed by atoms with Crippen LogP contribution in [0.3, 0.4) is 0 Å². The van der Waals surface area contributed by atoms with E-state index in [1.807, 2.05) is 11.4 Å². The molecule has 2 heterocycles. The molecule has 1 aliphatic rings. The average Bonchev–Trinajstić information content (AvgIpc) is 2.74. The Morgan fingerprint density at radius 1 is 1.60 bits per heavy atom. The van der Waals surface area contributed by atoms with Gasteiger partial charge in [-0.25, -0.2) is 8.42 Å². The van der Waals surface area contributed by atoms with Gasteiger partial charge in [0.15, 0.2) is 9.84 Å². The van der Waals surface area contributed by atoms with Crippen LogP contribution in [0, 0.1) is 0 Å². The standard InChI is InChI=1S/C10H15NO2S2/c1-8(10-3-2-5-14-10)11-9-4-6-15(12,13)7-9/h2-3,5,8-9,11H,4,6-7H2,1H3/t8-,9?/m1/s1. The molecule has 0 spiro atoms. The average molecular weight is 245 g/mol. The lowest BCUT2D eigenvalue weighted by molar-refractivity contribution is 0.490. The maximum Gasteiger partial charge on any atom is 0.151 e. The summed E-state index contributed by atoms with van der Waals surface area (Å²) in [4.78, 5) is 1.26. The molecule has 3 nitrogen and oxygen atoms in total. The van der Waals surface area contributed by atoms with Crippen molar-refractivity contribution in [2.75, 3.05) is 11.5 Å². The largest absolute Gasteiger partial charge is 0.306 e. The van der Waals surface area contributed by atoms with E-state index in [2.05, 4.69) is 18.3 Å². The number of hydrogen-bond donors (Lipinski definition) is 1. The Morgan fingerprint density at radius 3 is 2.93 bits per heavy atom. The highest BCUT2D eigenvalue weighted by Gasteiger charge is 2.28. The number of sulfone groups is 1. The van der Waals surface area contributed by atoms with Crippen molar-refractivity contribution in [3.63, 3.8) is 0 Å². The fraction of sp³-hybridized carbons (Fsp3) is 0.600. The molecule has 0 amide bonds. The van der Waals surface area contributed by atoms with Crippen molar-refractivity contribution in [1.82, 2.24) is 5.32 Å². The fourth-order valence-corrected chi connectivity index (χ4v) is 4.33. The van der Waals surface area contributed by atoms with Gasteiger partial charge in [-0.2, -0.15) is 0 Å². The van der Waals surface area contributed by atoms with E-state index in [1.54, 1.807) is 11.3 Å². The molecule has 1 aromatic rings. The molecule has 0 aliphatic carbocycles. The molecule has 1 saturated heterocycles. The summed E-state index contributed by atoms with van der Waals surface area (Å²) in [5, 5.41) is 5.41. The molecule has 0 radical (unpaired) electrons. The van der Waals surface area contributed by atoms with Crippen molar-refractivity contribution in [3.05, 3.63) is 22.4 Å². The molecule has 0 aromatic carbocycles. The number of hydrogen-bond acceptors (Lipinski definition) is 4. The molecule has 84 valence electrons. The number of nitrogens with one attached hydrogen (secondary N) is 1. The monoisotopic (exact) mass is 245 g/mol. The van der Waals surface area contributed by atoms with Gasteiger partial charge in [0.05, 0.1) is 11.5 Å². The van der Waals surface area contributed by atoms with Crippen LogP contribution in [0.4, 0.5) is 0 Å². The van der Waals surface area contributed by atoms with Gasteiger partial charge in [0.2, 0.25) is 0 Å². The van der Waals surface area contributed by atoms with Gasteiger partial charge >= 0.3 is 0 Å². The Kier molecular flexibility index (Phi) is 3.13. The van der Waals surface area contributed by atoms with Gasteiger partial charge in [0.25, 0.3) is 0 Å². The molecule has 1 unspecified atom stereocenters. The van der Waals surface area contributed by atoms with Crippen LogP contribution in [0.15, 0.2) is 17.5 Å². The maximum atomic E-state index is 11.3. The van der Waals surface area contributed by atoms with Crippen LogP contribution < -0.4 is 5.32 Å². The summed E-state index contributed by atoms with van der Waals surface area (Å²) >= 11 is 1.70. The van der Waals surface area contributed by atoms with Crippen molar-refractivity contribution in [2.24, 2.45) is 0 Å². The van der Waals surface area contributed by atoms with Crippen LogP contribution >= 0.6 is 11.3 Å². The quantitative estimate of drug-likeness (QED) is 0.879. The third-order valence-corrected chi connectivity index (χ3v) is 5.51. The second-order valence-corrected chi connectivity index (χ2v) is 7.21. The van der Waals surface area contributed by atoms with Crippen LogP contribution in [0.1, 0.15) is 24.3 Å². The van der Waals surface area contributed by atoms with Crippen molar-refractivity contribution in [2.45, 2.75) is 25.4 Å². The first kappa shape index (κ1) is 11.1. The SMILES string of the molecule is C[C@@H](NC1CCS(=O)(=O)C1)c1cccs1. The van der Waals surface area contributed by atoms with Gasteiger partial charge in [0, 0.05) is 17.0 Å². The summed E-state index contributed by atoms with van der Waals surface area (Å²) < 4.78 is 22.5. The molecule has 5 heteroatoms. The van der Waals surface area contributed by atoms with Crippen LogP contribution in [-0.2, 0) is 9.84 Å². The van der Waals surface area contributed by atoms with Crippen molar-refractivity contribution in [3.8, 4) is 0 Å². The molecule has 1 aliphatic heterocycles. The van der Waals surface area contributed by atoms with Crippen molar-refractivity contribution in [1.29, 1.82) is 0 Å². The smallest absolute Gasteiger partial charge is 0.151 e. The summed E-state index contributed by atoms with van der Waals surface area (Å²) in [5.41, 5.74) is 0. The second kappa shape index (κ2) is 4.23. The van der Waals surface area contributed by atoms with E-state index < -0.39 is 9.84 Å². The summed E-state index contributed by atoms with van der Waals surface area (Å²) in [6.45, 7) is 2.08. The second-order valence-electron chi connectivity index (χ2n) is 4.00. The van der Waals surface area contributed by atoms with E-state index in [0.717, 1.165) is 6.42 Å². The Labute approximate surface area is 94.4 Å². The molecule has 1 fully saturated rings. The zero-order chi connectivity index (χ0) is 10.9. The first-order valence-electron chi connectivity index (χ1n) is 5.07. The minimum atomic E-state index is -2.77. The lowest BCUT2D eigenvalue weighted by Gasteiger charge is -2.16. The zero-order valence-corrected chi connectivity index (χ0v) is 10.3. The Balaban J connectivity index is 1.94. The molecular formula is C10H15NO2S2. The molecule has 1 N–H and O–H groups in total. The molecule has 15 heavy (non-hydrogen) atoms.